The Labute approximate surface area is 109 Å². The van der Waals surface area contributed by atoms with Crippen LogP contribution in [0.1, 0.15) is 12.8 Å². The van der Waals surface area contributed by atoms with Crippen LogP contribution in [-0.4, -0.2) is 18.8 Å². The van der Waals surface area contributed by atoms with Crippen molar-refractivity contribution in [2.24, 2.45) is 0 Å². The zero-order valence-electron chi connectivity index (χ0n) is 8.83. The van der Waals surface area contributed by atoms with Gasteiger partial charge in [-0.3, -0.25) is 4.79 Å². The molecular formula is C11H12Cl2O2S. The molecule has 2 nitrogen and oxygen atoms in total. The van der Waals surface area contributed by atoms with E-state index in [0.29, 0.717) is 16.5 Å². The molecule has 0 saturated carbocycles. The maximum atomic E-state index is 10.9. The standard InChI is InChI=1S/C11H12Cl2O2S/c1-15-11(14)3-2-6-16-8-4-5-9(12)10(13)7-8/h4-5,7H,2-3,6H2,1H3. The Balaban J connectivity index is 2.32. The van der Waals surface area contributed by atoms with Crippen LogP contribution in [0.3, 0.4) is 0 Å². The molecule has 0 unspecified atom stereocenters. The maximum absolute atomic E-state index is 10.9. The summed E-state index contributed by atoms with van der Waals surface area (Å²) in [6, 6.07) is 5.51. The van der Waals surface area contributed by atoms with Gasteiger partial charge in [-0.15, -0.1) is 11.8 Å². The van der Waals surface area contributed by atoms with E-state index < -0.39 is 0 Å². The van der Waals surface area contributed by atoms with Crippen molar-refractivity contribution in [1.82, 2.24) is 0 Å². The summed E-state index contributed by atoms with van der Waals surface area (Å²) in [6.45, 7) is 0. The number of ether oxygens (including phenoxy) is 1. The fourth-order valence-corrected chi connectivity index (χ4v) is 2.33. The van der Waals surface area contributed by atoms with E-state index >= 15 is 0 Å². The first-order chi connectivity index (χ1) is 7.63. The van der Waals surface area contributed by atoms with Gasteiger partial charge < -0.3 is 4.74 Å². The SMILES string of the molecule is COC(=O)CCCSc1ccc(Cl)c(Cl)c1. The summed E-state index contributed by atoms with van der Waals surface area (Å²) in [6.07, 6.45) is 1.24. The molecule has 0 atom stereocenters. The van der Waals surface area contributed by atoms with Gasteiger partial charge in [0, 0.05) is 11.3 Å². The summed E-state index contributed by atoms with van der Waals surface area (Å²) in [5, 5.41) is 1.11. The van der Waals surface area contributed by atoms with Gasteiger partial charge in [-0.05, 0) is 30.4 Å². The van der Waals surface area contributed by atoms with E-state index in [4.69, 9.17) is 23.2 Å². The second-order valence-corrected chi connectivity index (χ2v) is 5.09. The van der Waals surface area contributed by atoms with Gasteiger partial charge in [-0.1, -0.05) is 23.2 Å². The first kappa shape index (κ1) is 13.7. The van der Waals surface area contributed by atoms with Gasteiger partial charge in [0.2, 0.25) is 0 Å². The number of methoxy groups -OCH3 is 1. The topological polar surface area (TPSA) is 26.3 Å². The number of carbonyl (C=O) groups is 1. The van der Waals surface area contributed by atoms with E-state index in [1.165, 1.54) is 7.11 Å². The van der Waals surface area contributed by atoms with Crippen molar-refractivity contribution in [2.75, 3.05) is 12.9 Å². The van der Waals surface area contributed by atoms with Crippen LogP contribution >= 0.6 is 35.0 Å². The normalized spacial score (nSPS) is 10.2. The zero-order chi connectivity index (χ0) is 12.0. The lowest BCUT2D eigenvalue weighted by Crippen LogP contribution is -1.99. The van der Waals surface area contributed by atoms with Gasteiger partial charge in [-0.25, -0.2) is 0 Å². The number of esters is 1. The second-order valence-electron chi connectivity index (χ2n) is 3.10. The third-order valence-electron chi connectivity index (χ3n) is 1.91. The van der Waals surface area contributed by atoms with Crippen LogP contribution in [0.5, 0.6) is 0 Å². The summed E-state index contributed by atoms with van der Waals surface area (Å²) < 4.78 is 4.55. The average Bonchev–Trinajstić information content (AvgIpc) is 2.28. The molecule has 0 heterocycles. The minimum Gasteiger partial charge on any atom is -0.469 e. The number of rotatable bonds is 5. The fraction of sp³-hybridized carbons (Fsp3) is 0.364. The lowest BCUT2D eigenvalue weighted by atomic mass is 10.3. The molecule has 1 aromatic rings. The number of benzene rings is 1. The van der Waals surface area contributed by atoms with Crippen molar-refractivity contribution in [1.29, 1.82) is 0 Å². The van der Waals surface area contributed by atoms with Crippen LogP contribution in [0, 0.1) is 0 Å². The highest BCUT2D eigenvalue weighted by molar-refractivity contribution is 7.99. The molecule has 0 N–H and O–H groups in total. The average molecular weight is 279 g/mol. The molecule has 16 heavy (non-hydrogen) atoms. The van der Waals surface area contributed by atoms with Crippen molar-refractivity contribution >= 4 is 40.9 Å². The largest absolute Gasteiger partial charge is 0.469 e. The fourth-order valence-electron chi connectivity index (χ4n) is 1.08. The molecule has 0 aliphatic rings. The van der Waals surface area contributed by atoms with Gasteiger partial charge >= 0.3 is 5.97 Å². The van der Waals surface area contributed by atoms with Gasteiger partial charge in [0.05, 0.1) is 17.2 Å². The minimum atomic E-state index is -0.172. The first-order valence-electron chi connectivity index (χ1n) is 4.78. The maximum Gasteiger partial charge on any atom is 0.305 e. The molecule has 0 bridgehead atoms. The second kappa shape index (κ2) is 7.05. The molecular weight excluding hydrogens is 267 g/mol. The molecule has 1 rings (SSSR count). The Kier molecular flexibility index (Phi) is 6.03. The van der Waals surface area contributed by atoms with Crippen molar-refractivity contribution in [3.05, 3.63) is 28.2 Å². The van der Waals surface area contributed by atoms with Gasteiger partial charge in [0.25, 0.3) is 0 Å². The summed E-state index contributed by atoms with van der Waals surface area (Å²) in [5.41, 5.74) is 0. The quantitative estimate of drug-likeness (QED) is 0.462. The minimum absolute atomic E-state index is 0.172. The third kappa shape index (κ3) is 4.64. The summed E-state index contributed by atoms with van der Waals surface area (Å²) in [4.78, 5) is 11.9. The molecule has 0 aromatic heterocycles. The van der Waals surface area contributed by atoms with Crippen molar-refractivity contribution in [2.45, 2.75) is 17.7 Å². The zero-order valence-corrected chi connectivity index (χ0v) is 11.2. The predicted molar refractivity (Wildman–Crippen MR) is 68.4 cm³/mol. The third-order valence-corrected chi connectivity index (χ3v) is 3.73. The highest BCUT2D eigenvalue weighted by Crippen LogP contribution is 2.28. The van der Waals surface area contributed by atoms with Crippen LogP contribution in [0.25, 0.3) is 0 Å². The molecule has 0 spiro atoms. The number of hydrogen-bond donors (Lipinski definition) is 0. The van der Waals surface area contributed by atoms with Gasteiger partial charge in [0.1, 0.15) is 0 Å². The van der Waals surface area contributed by atoms with E-state index in [1.807, 2.05) is 12.1 Å². The molecule has 5 heteroatoms. The lowest BCUT2D eigenvalue weighted by molar-refractivity contribution is -0.140. The van der Waals surface area contributed by atoms with E-state index in [0.717, 1.165) is 17.1 Å². The number of carbonyl (C=O) groups excluding carboxylic acids is 1. The van der Waals surface area contributed by atoms with E-state index in [9.17, 15) is 4.79 Å². The molecule has 0 radical (unpaired) electrons. The Morgan fingerprint density at radius 2 is 2.12 bits per heavy atom. The Morgan fingerprint density at radius 3 is 2.75 bits per heavy atom. The monoisotopic (exact) mass is 278 g/mol. The van der Waals surface area contributed by atoms with Crippen LogP contribution in [0.2, 0.25) is 10.0 Å². The smallest absolute Gasteiger partial charge is 0.305 e. The lowest BCUT2D eigenvalue weighted by Gasteiger charge is -2.03. The number of thioether (sulfide) groups is 1. The Morgan fingerprint density at radius 1 is 1.38 bits per heavy atom. The van der Waals surface area contributed by atoms with Crippen molar-refractivity contribution < 1.29 is 9.53 Å². The Hall–Kier alpha value is -0.380. The van der Waals surface area contributed by atoms with E-state index in [-0.39, 0.29) is 5.97 Å². The van der Waals surface area contributed by atoms with Crippen LogP contribution < -0.4 is 0 Å². The summed E-state index contributed by atoms with van der Waals surface area (Å²) in [5.74, 6) is 0.683. The molecule has 0 amide bonds. The molecule has 0 fully saturated rings. The molecule has 0 aliphatic heterocycles. The number of hydrogen-bond acceptors (Lipinski definition) is 3. The van der Waals surface area contributed by atoms with E-state index in [1.54, 1.807) is 17.8 Å². The van der Waals surface area contributed by atoms with Gasteiger partial charge in [-0.2, -0.15) is 0 Å². The highest BCUT2D eigenvalue weighted by atomic mass is 35.5. The molecule has 0 aliphatic carbocycles. The Bertz CT molecular complexity index is 369. The van der Waals surface area contributed by atoms with Crippen LogP contribution in [0.15, 0.2) is 23.1 Å². The summed E-state index contributed by atoms with van der Waals surface area (Å²) in [7, 11) is 1.40. The molecule has 88 valence electrons. The highest BCUT2D eigenvalue weighted by Gasteiger charge is 2.02. The molecule has 1 aromatic carbocycles. The van der Waals surface area contributed by atoms with Crippen LogP contribution in [0.4, 0.5) is 0 Å². The van der Waals surface area contributed by atoms with Crippen LogP contribution in [-0.2, 0) is 9.53 Å². The number of halogens is 2. The first-order valence-corrected chi connectivity index (χ1v) is 6.52. The van der Waals surface area contributed by atoms with Gasteiger partial charge in [0.15, 0.2) is 0 Å². The molecule has 0 saturated heterocycles. The van der Waals surface area contributed by atoms with Crippen molar-refractivity contribution in [3.63, 3.8) is 0 Å². The summed E-state index contributed by atoms with van der Waals surface area (Å²) >= 11 is 13.3. The van der Waals surface area contributed by atoms with E-state index in [2.05, 4.69) is 4.74 Å². The predicted octanol–water partition coefficient (Wildman–Crippen LogP) is 4.04. The van der Waals surface area contributed by atoms with Crippen molar-refractivity contribution in [3.8, 4) is 0 Å².